The molecule has 0 amide bonds. The van der Waals surface area contributed by atoms with Gasteiger partial charge in [-0.1, -0.05) is 13.0 Å². The molecule has 64 valence electrons. The van der Waals surface area contributed by atoms with E-state index in [4.69, 9.17) is 5.41 Å². The summed E-state index contributed by atoms with van der Waals surface area (Å²) in [5.74, 6) is 0.747. The third-order valence-corrected chi connectivity index (χ3v) is 1.61. The third kappa shape index (κ3) is 1.98. The van der Waals surface area contributed by atoms with E-state index >= 15 is 0 Å². The molecule has 0 spiro atoms. The van der Waals surface area contributed by atoms with E-state index in [0.717, 1.165) is 12.2 Å². The first kappa shape index (κ1) is 9.06. The number of hydrogen-bond donors (Lipinski definition) is 2. The van der Waals surface area contributed by atoms with E-state index in [1.54, 1.807) is 10.8 Å². The highest BCUT2D eigenvalue weighted by atomic mass is 32.1. The maximum absolute atomic E-state index is 7.06. The molecule has 1 aromatic rings. The molecule has 1 heterocycles. The van der Waals surface area contributed by atoms with Crippen molar-refractivity contribution in [2.45, 2.75) is 18.4 Å². The maximum Gasteiger partial charge on any atom is 0.138 e. The topological polar surface area (TPSA) is 41.7 Å². The van der Waals surface area contributed by atoms with Crippen LogP contribution in [0.5, 0.6) is 0 Å². The molecule has 4 heteroatoms. The van der Waals surface area contributed by atoms with Crippen LogP contribution in [0.1, 0.15) is 19.2 Å². The van der Waals surface area contributed by atoms with Crippen LogP contribution in [0, 0.1) is 5.41 Å². The fraction of sp³-hybridized carbons (Fsp3) is 0.250. The van der Waals surface area contributed by atoms with E-state index in [9.17, 15) is 0 Å². The summed E-state index contributed by atoms with van der Waals surface area (Å²) in [6, 6.07) is 0. The van der Waals surface area contributed by atoms with Gasteiger partial charge < -0.3 is 0 Å². The largest absolute Gasteiger partial charge is 0.291 e. The Balaban J connectivity index is 2.96. The second-order valence-electron chi connectivity index (χ2n) is 2.30. The van der Waals surface area contributed by atoms with Crippen molar-refractivity contribution in [2.75, 3.05) is 0 Å². The molecule has 0 aliphatic heterocycles. The minimum atomic E-state index is 0.634. The molecule has 0 bridgehead atoms. The first-order chi connectivity index (χ1) is 5.77. The van der Waals surface area contributed by atoms with Gasteiger partial charge in [-0.3, -0.25) is 9.98 Å². The number of hydrogen-bond acceptors (Lipinski definition) is 3. The number of allylic oxidation sites excluding steroid dienone is 1. The summed E-state index contributed by atoms with van der Waals surface area (Å²) >= 11 is 4.08. The van der Waals surface area contributed by atoms with Crippen molar-refractivity contribution in [1.29, 1.82) is 5.41 Å². The molecule has 0 atom stereocenters. The quantitative estimate of drug-likeness (QED) is 0.418. The van der Waals surface area contributed by atoms with Gasteiger partial charge >= 0.3 is 0 Å². The summed E-state index contributed by atoms with van der Waals surface area (Å²) in [5, 5.41) is 7.70. The molecule has 0 unspecified atom stereocenters. The molecule has 12 heavy (non-hydrogen) atoms. The van der Waals surface area contributed by atoms with Gasteiger partial charge in [-0.15, -0.1) is 12.6 Å². The fourth-order valence-electron chi connectivity index (χ4n) is 0.845. The van der Waals surface area contributed by atoms with Gasteiger partial charge in [0.15, 0.2) is 0 Å². The molecule has 0 radical (unpaired) electrons. The smallest absolute Gasteiger partial charge is 0.138 e. The van der Waals surface area contributed by atoms with Gasteiger partial charge in [0.25, 0.3) is 0 Å². The molecule has 0 saturated heterocycles. The van der Waals surface area contributed by atoms with Crippen molar-refractivity contribution < 1.29 is 0 Å². The number of rotatable bonds is 3. The van der Waals surface area contributed by atoms with Crippen LogP contribution in [0.2, 0.25) is 0 Å². The van der Waals surface area contributed by atoms with Crippen LogP contribution in [0.3, 0.4) is 0 Å². The molecular formula is C8H11N3S. The fourth-order valence-corrected chi connectivity index (χ4v) is 1.07. The predicted molar refractivity (Wildman–Crippen MR) is 53.0 cm³/mol. The minimum Gasteiger partial charge on any atom is -0.291 e. The lowest BCUT2D eigenvalue weighted by molar-refractivity contribution is 1.11. The average Bonchev–Trinajstić information content (AvgIpc) is 2.42. The molecule has 0 saturated carbocycles. The predicted octanol–water partition coefficient (Wildman–Crippen LogP) is 2.05. The highest BCUT2D eigenvalue weighted by molar-refractivity contribution is 7.80. The van der Waals surface area contributed by atoms with Crippen LogP contribution in [0.15, 0.2) is 17.3 Å². The van der Waals surface area contributed by atoms with Gasteiger partial charge in [0.05, 0.1) is 6.34 Å². The highest BCUT2D eigenvalue weighted by Crippen LogP contribution is 2.06. The van der Waals surface area contributed by atoms with E-state index in [0.29, 0.717) is 5.03 Å². The minimum absolute atomic E-state index is 0.634. The van der Waals surface area contributed by atoms with Crippen LogP contribution in [0.25, 0.3) is 6.08 Å². The lowest BCUT2D eigenvalue weighted by Gasteiger charge is -1.91. The summed E-state index contributed by atoms with van der Waals surface area (Å²) in [5.41, 5.74) is 0. The zero-order chi connectivity index (χ0) is 8.97. The van der Waals surface area contributed by atoms with Crippen LogP contribution in [-0.4, -0.2) is 15.9 Å². The molecule has 1 N–H and O–H groups in total. The number of thiol groups is 1. The van der Waals surface area contributed by atoms with E-state index in [1.165, 1.54) is 6.34 Å². The number of imidazole rings is 1. The Morgan fingerprint density at radius 1 is 1.75 bits per heavy atom. The molecule has 0 aliphatic rings. The first-order valence-electron chi connectivity index (χ1n) is 3.73. The Labute approximate surface area is 77.0 Å². The Bertz CT molecular complexity index is 301. The Morgan fingerprint density at radius 3 is 3.08 bits per heavy atom. The monoisotopic (exact) mass is 181 g/mol. The number of aromatic nitrogens is 2. The molecule has 0 aromatic carbocycles. The van der Waals surface area contributed by atoms with E-state index in [-0.39, 0.29) is 0 Å². The summed E-state index contributed by atoms with van der Waals surface area (Å²) in [4.78, 5) is 4.11. The van der Waals surface area contributed by atoms with Crippen molar-refractivity contribution in [1.82, 2.24) is 9.55 Å². The van der Waals surface area contributed by atoms with Crippen LogP contribution in [-0.2, 0) is 0 Å². The molecule has 0 fully saturated rings. The molecular weight excluding hydrogens is 170 g/mol. The van der Waals surface area contributed by atoms with Gasteiger partial charge in [0, 0.05) is 6.20 Å². The first-order valence-corrected chi connectivity index (χ1v) is 4.17. The van der Waals surface area contributed by atoms with Crippen molar-refractivity contribution >= 4 is 25.0 Å². The van der Waals surface area contributed by atoms with Gasteiger partial charge in [-0.05, 0) is 12.5 Å². The van der Waals surface area contributed by atoms with Crippen LogP contribution >= 0.6 is 12.6 Å². The van der Waals surface area contributed by atoms with Crippen molar-refractivity contribution in [3.8, 4) is 0 Å². The highest BCUT2D eigenvalue weighted by Gasteiger charge is 1.98. The number of nitrogens with zero attached hydrogens (tertiary/aromatic N) is 2. The summed E-state index contributed by atoms with van der Waals surface area (Å²) in [7, 11) is 0. The van der Waals surface area contributed by atoms with Crippen molar-refractivity contribution in [3.63, 3.8) is 0 Å². The summed E-state index contributed by atoms with van der Waals surface area (Å²) in [6.45, 7) is 2.05. The Kier molecular flexibility index (Phi) is 3.10. The van der Waals surface area contributed by atoms with E-state index in [1.807, 2.05) is 12.2 Å². The van der Waals surface area contributed by atoms with Gasteiger partial charge in [0.2, 0.25) is 0 Å². The maximum atomic E-state index is 7.06. The van der Waals surface area contributed by atoms with Crippen molar-refractivity contribution in [3.05, 3.63) is 18.1 Å². The summed E-state index contributed by atoms with van der Waals surface area (Å²) in [6.07, 6.45) is 7.75. The molecule has 0 aliphatic carbocycles. The number of nitrogens with one attached hydrogen (secondary N) is 1. The lowest BCUT2D eigenvalue weighted by Crippen LogP contribution is -1.94. The van der Waals surface area contributed by atoms with Gasteiger partial charge in [0.1, 0.15) is 10.9 Å². The van der Waals surface area contributed by atoms with Gasteiger partial charge in [-0.25, -0.2) is 4.98 Å². The van der Waals surface area contributed by atoms with Crippen LogP contribution < -0.4 is 0 Å². The molecule has 1 aromatic heterocycles. The van der Waals surface area contributed by atoms with Crippen molar-refractivity contribution in [2.24, 2.45) is 0 Å². The Morgan fingerprint density at radius 2 is 2.50 bits per heavy atom. The second kappa shape index (κ2) is 4.11. The van der Waals surface area contributed by atoms with E-state index in [2.05, 4.69) is 24.5 Å². The normalized spacial score (nSPS) is 10.8. The average molecular weight is 181 g/mol. The summed E-state index contributed by atoms with van der Waals surface area (Å²) < 4.78 is 1.62. The zero-order valence-electron chi connectivity index (χ0n) is 6.86. The third-order valence-electron chi connectivity index (χ3n) is 1.39. The standard InChI is InChI=1S/C8H11N3S/c1-2-3-4-7-10-8(12)5-11(7)6-9/h3-6,9,12H,2H2,1H3/b4-3-,9-6?. The molecule has 3 nitrogen and oxygen atoms in total. The SMILES string of the molecule is CC/C=C\c1nc(S)cn1C=N. The van der Waals surface area contributed by atoms with Crippen LogP contribution in [0.4, 0.5) is 0 Å². The lowest BCUT2D eigenvalue weighted by atomic mass is 10.4. The zero-order valence-corrected chi connectivity index (χ0v) is 7.75. The molecule has 1 rings (SSSR count). The second-order valence-corrected chi connectivity index (χ2v) is 2.76. The van der Waals surface area contributed by atoms with Gasteiger partial charge in [-0.2, -0.15) is 0 Å². The Hall–Kier alpha value is -1.03. The van der Waals surface area contributed by atoms with E-state index < -0.39 is 0 Å².